The summed E-state index contributed by atoms with van der Waals surface area (Å²) in [7, 11) is 0. The Bertz CT molecular complexity index is 555. The van der Waals surface area contributed by atoms with Crippen LogP contribution in [-0.4, -0.2) is 30.3 Å². The molecular weight excluding hydrogens is 298 g/mol. The monoisotopic (exact) mass is 314 g/mol. The molecule has 5 nitrogen and oxygen atoms in total. The molecule has 0 saturated carbocycles. The molecule has 0 unspecified atom stereocenters. The summed E-state index contributed by atoms with van der Waals surface area (Å²) >= 11 is 0. The van der Waals surface area contributed by atoms with Crippen LogP contribution in [0, 0.1) is 0 Å². The van der Waals surface area contributed by atoms with Gasteiger partial charge < -0.3 is 14.6 Å². The van der Waals surface area contributed by atoms with Crippen LogP contribution in [0.2, 0.25) is 0 Å². The third-order valence-corrected chi connectivity index (χ3v) is 2.64. The van der Waals surface area contributed by atoms with Crippen LogP contribution in [-0.2, 0) is 20.7 Å². The summed E-state index contributed by atoms with van der Waals surface area (Å²) in [6.45, 7) is -1.15. The summed E-state index contributed by atoms with van der Waals surface area (Å²) in [5.74, 6) is -1.80. The van der Waals surface area contributed by atoms with Crippen molar-refractivity contribution in [2.24, 2.45) is 0 Å². The smallest absolute Gasteiger partial charge is 0.387 e. The molecule has 0 atom stereocenters. The van der Waals surface area contributed by atoms with Crippen LogP contribution in [0.4, 0.5) is 8.78 Å². The van der Waals surface area contributed by atoms with E-state index in [9.17, 15) is 18.4 Å². The number of alkyl halides is 2. The Labute approximate surface area is 126 Å². The Morgan fingerprint density at radius 1 is 1.36 bits per heavy atom. The first-order valence-electron chi connectivity index (χ1n) is 6.57. The van der Waals surface area contributed by atoms with Crippen molar-refractivity contribution in [3.05, 3.63) is 35.4 Å². The van der Waals surface area contributed by atoms with E-state index in [1.165, 1.54) is 12.1 Å². The quantitative estimate of drug-likeness (QED) is 0.590. The first-order valence-corrected chi connectivity index (χ1v) is 6.57. The zero-order valence-electron chi connectivity index (χ0n) is 11.9. The van der Waals surface area contributed by atoms with Crippen LogP contribution >= 0.6 is 0 Å². The molecule has 0 amide bonds. The van der Waals surface area contributed by atoms with E-state index in [4.69, 9.17) is 9.84 Å². The van der Waals surface area contributed by atoms with Crippen LogP contribution in [0.3, 0.4) is 0 Å². The molecule has 0 aliphatic heterocycles. The fourth-order valence-corrected chi connectivity index (χ4v) is 1.80. The van der Waals surface area contributed by atoms with Gasteiger partial charge in [-0.3, -0.25) is 4.79 Å². The second kappa shape index (κ2) is 8.76. The molecular formula is C15H16F2O5. The van der Waals surface area contributed by atoms with Crippen molar-refractivity contribution < 1.29 is 33.0 Å². The number of carboxylic acid groups (broad SMARTS) is 1. The molecule has 0 spiro atoms. The number of para-hydroxylation sites is 1. The number of esters is 1. The molecule has 1 rings (SSSR count). The van der Waals surface area contributed by atoms with Gasteiger partial charge in [-0.1, -0.05) is 18.2 Å². The number of carbonyl (C=O) groups is 2. The lowest BCUT2D eigenvalue weighted by molar-refractivity contribution is -0.143. The number of hydrogen-bond acceptors (Lipinski definition) is 4. The van der Waals surface area contributed by atoms with Crippen molar-refractivity contribution in [1.82, 2.24) is 0 Å². The van der Waals surface area contributed by atoms with Crippen LogP contribution < -0.4 is 4.74 Å². The molecule has 1 aromatic rings. The van der Waals surface area contributed by atoms with Gasteiger partial charge in [-0.05, 0) is 25.0 Å². The van der Waals surface area contributed by atoms with E-state index in [1.807, 2.05) is 0 Å². The molecule has 1 aromatic carbocycles. The number of carboxylic acids is 1. The highest BCUT2D eigenvalue weighted by atomic mass is 19.3. The number of aliphatic carboxylic acids is 1. The van der Waals surface area contributed by atoms with E-state index in [-0.39, 0.29) is 30.8 Å². The third kappa shape index (κ3) is 5.90. The number of hydrogen-bond donors (Lipinski definition) is 1. The SMILES string of the molecule is CCOC(=O)CCc1cccc(/C=C/C(=O)O)c1OC(F)F. The van der Waals surface area contributed by atoms with Gasteiger partial charge in [0, 0.05) is 18.1 Å². The van der Waals surface area contributed by atoms with Crippen LogP contribution in [0.1, 0.15) is 24.5 Å². The Hall–Kier alpha value is -2.44. The molecule has 0 bridgehead atoms. The highest BCUT2D eigenvalue weighted by molar-refractivity contribution is 5.86. The van der Waals surface area contributed by atoms with Crippen molar-refractivity contribution in [3.63, 3.8) is 0 Å². The molecule has 7 heteroatoms. The second-order valence-corrected chi connectivity index (χ2v) is 4.19. The minimum atomic E-state index is -3.05. The molecule has 0 aliphatic rings. The van der Waals surface area contributed by atoms with Gasteiger partial charge in [-0.2, -0.15) is 8.78 Å². The molecule has 0 aromatic heterocycles. The van der Waals surface area contributed by atoms with E-state index in [0.717, 1.165) is 12.2 Å². The number of carbonyl (C=O) groups excluding carboxylic acids is 1. The lowest BCUT2D eigenvalue weighted by Crippen LogP contribution is -2.09. The van der Waals surface area contributed by atoms with Gasteiger partial charge >= 0.3 is 18.6 Å². The minimum Gasteiger partial charge on any atom is -0.478 e. The number of halogens is 2. The van der Waals surface area contributed by atoms with E-state index < -0.39 is 18.6 Å². The van der Waals surface area contributed by atoms with Crippen molar-refractivity contribution in [1.29, 1.82) is 0 Å². The second-order valence-electron chi connectivity index (χ2n) is 4.19. The van der Waals surface area contributed by atoms with Gasteiger partial charge in [0.05, 0.1) is 6.61 Å². The topological polar surface area (TPSA) is 72.8 Å². The van der Waals surface area contributed by atoms with E-state index >= 15 is 0 Å². The highest BCUT2D eigenvalue weighted by Gasteiger charge is 2.14. The number of ether oxygens (including phenoxy) is 2. The summed E-state index contributed by atoms with van der Waals surface area (Å²) in [4.78, 5) is 21.9. The van der Waals surface area contributed by atoms with Gasteiger partial charge in [-0.25, -0.2) is 4.79 Å². The fraction of sp³-hybridized carbons (Fsp3) is 0.333. The Balaban J connectivity index is 3.01. The van der Waals surface area contributed by atoms with Crippen LogP contribution in [0.25, 0.3) is 6.08 Å². The lowest BCUT2D eigenvalue weighted by atomic mass is 10.0. The Kier molecular flexibility index (Phi) is 7.01. The normalized spacial score (nSPS) is 10.9. The first-order chi connectivity index (χ1) is 10.4. The molecule has 120 valence electrons. The maximum Gasteiger partial charge on any atom is 0.387 e. The highest BCUT2D eigenvalue weighted by Crippen LogP contribution is 2.28. The van der Waals surface area contributed by atoms with Crippen LogP contribution in [0.15, 0.2) is 24.3 Å². The molecule has 22 heavy (non-hydrogen) atoms. The average molecular weight is 314 g/mol. The predicted octanol–water partition coefficient (Wildman–Crippen LogP) is 2.88. The zero-order chi connectivity index (χ0) is 16.5. The van der Waals surface area contributed by atoms with Crippen molar-refractivity contribution in [3.8, 4) is 5.75 Å². The molecule has 0 radical (unpaired) electrons. The fourth-order valence-electron chi connectivity index (χ4n) is 1.80. The molecule has 0 aliphatic carbocycles. The molecule has 1 N–H and O–H groups in total. The lowest BCUT2D eigenvalue weighted by Gasteiger charge is -2.13. The van der Waals surface area contributed by atoms with Gasteiger partial charge in [0.25, 0.3) is 0 Å². The van der Waals surface area contributed by atoms with Gasteiger partial charge in [0.15, 0.2) is 0 Å². The summed E-state index contributed by atoms with van der Waals surface area (Å²) in [6.07, 6.45) is 2.14. The summed E-state index contributed by atoms with van der Waals surface area (Å²) < 4.78 is 34.3. The number of benzene rings is 1. The number of rotatable bonds is 8. The minimum absolute atomic E-state index is 0.0134. The average Bonchev–Trinajstić information content (AvgIpc) is 2.44. The van der Waals surface area contributed by atoms with E-state index in [1.54, 1.807) is 13.0 Å². The van der Waals surface area contributed by atoms with Crippen LogP contribution in [0.5, 0.6) is 5.75 Å². The third-order valence-electron chi connectivity index (χ3n) is 2.64. The molecule has 0 heterocycles. The first kappa shape index (κ1) is 17.6. The van der Waals surface area contributed by atoms with Gasteiger partial charge in [0.1, 0.15) is 5.75 Å². The maximum atomic E-state index is 12.5. The van der Waals surface area contributed by atoms with E-state index in [2.05, 4.69) is 4.74 Å². The Morgan fingerprint density at radius 3 is 2.68 bits per heavy atom. The van der Waals surface area contributed by atoms with E-state index in [0.29, 0.717) is 5.56 Å². The molecule has 0 saturated heterocycles. The summed E-state index contributed by atoms with van der Waals surface area (Å²) in [5, 5.41) is 8.62. The van der Waals surface area contributed by atoms with Crippen molar-refractivity contribution in [2.75, 3.05) is 6.61 Å². The summed E-state index contributed by atoms with van der Waals surface area (Å²) in [6, 6.07) is 4.56. The number of aryl methyl sites for hydroxylation is 1. The standard InChI is InChI=1S/C15H16F2O5/c1-2-21-13(20)9-7-11-5-3-4-10(6-8-12(18)19)14(11)22-15(16)17/h3-6,8,15H,2,7,9H2,1H3,(H,18,19)/b8-6+. The largest absolute Gasteiger partial charge is 0.478 e. The molecule has 0 fully saturated rings. The van der Waals surface area contributed by atoms with Crippen molar-refractivity contribution in [2.45, 2.75) is 26.4 Å². The summed E-state index contributed by atoms with van der Waals surface area (Å²) in [5.41, 5.74) is 0.574. The zero-order valence-corrected chi connectivity index (χ0v) is 11.9. The maximum absolute atomic E-state index is 12.5. The van der Waals surface area contributed by atoms with Gasteiger partial charge in [-0.15, -0.1) is 0 Å². The van der Waals surface area contributed by atoms with Gasteiger partial charge in [0.2, 0.25) is 0 Å². The Morgan fingerprint density at radius 2 is 2.09 bits per heavy atom. The predicted molar refractivity (Wildman–Crippen MR) is 74.7 cm³/mol. The van der Waals surface area contributed by atoms with Crippen molar-refractivity contribution >= 4 is 18.0 Å².